The van der Waals surface area contributed by atoms with Crippen LogP contribution in [0.1, 0.15) is 0 Å². The molecule has 0 radical (unpaired) electrons. The highest BCUT2D eigenvalue weighted by Crippen LogP contribution is 2.39. The summed E-state index contributed by atoms with van der Waals surface area (Å²) in [5, 5.41) is 0. The van der Waals surface area contributed by atoms with E-state index in [0.29, 0.717) is 0 Å². The first-order valence-electron chi connectivity index (χ1n) is 4.94. The summed E-state index contributed by atoms with van der Waals surface area (Å²) in [5.74, 6) is 1.54. The Morgan fingerprint density at radius 2 is 1.18 bits per heavy atom. The summed E-state index contributed by atoms with van der Waals surface area (Å²) in [5.41, 5.74) is 0. The standard InChI is InChI=1S/C12H10O2PS2/c16-17-15(13-11-7-3-1-4-8-11)14-12-9-5-2-6-10-12/h1-10H/q+1. The largest absolute Gasteiger partial charge is 0.653 e. The first kappa shape index (κ1) is 12.4. The van der Waals surface area contributed by atoms with E-state index in [1.807, 2.05) is 60.7 Å². The third kappa shape index (κ3) is 4.00. The fourth-order valence-corrected chi connectivity index (χ4v) is 3.12. The van der Waals surface area contributed by atoms with Gasteiger partial charge in [0.05, 0.1) is 0 Å². The number of rotatable bonds is 5. The summed E-state index contributed by atoms with van der Waals surface area (Å²) < 4.78 is 11.3. The van der Waals surface area contributed by atoms with Gasteiger partial charge in [0.15, 0.2) is 0 Å². The molecule has 0 aliphatic carbocycles. The lowest BCUT2D eigenvalue weighted by molar-refractivity contribution is 0.510. The van der Waals surface area contributed by atoms with Crippen molar-refractivity contribution in [1.29, 1.82) is 0 Å². The molecule has 0 fully saturated rings. The third-order valence-corrected chi connectivity index (χ3v) is 4.66. The minimum atomic E-state index is -1.18. The van der Waals surface area contributed by atoms with Gasteiger partial charge in [0, 0.05) is 0 Å². The van der Waals surface area contributed by atoms with Crippen LogP contribution in [0.15, 0.2) is 60.7 Å². The number of hydrogen-bond acceptors (Lipinski definition) is 3. The van der Waals surface area contributed by atoms with Crippen molar-refractivity contribution in [3.8, 4) is 11.5 Å². The van der Waals surface area contributed by atoms with Crippen LogP contribution in [0.5, 0.6) is 11.5 Å². The van der Waals surface area contributed by atoms with Crippen molar-refractivity contribution >= 4 is 28.7 Å². The normalized spacial score (nSPS) is 9.94. The van der Waals surface area contributed by atoms with Crippen molar-refractivity contribution in [3.63, 3.8) is 0 Å². The van der Waals surface area contributed by atoms with E-state index < -0.39 is 7.58 Å². The first-order chi connectivity index (χ1) is 8.38. The molecule has 2 rings (SSSR count). The van der Waals surface area contributed by atoms with Gasteiger partial charge < -0.3 is 9.05 Å². The van der Waals surface area contributed by atoms with Crippen LogP contribution >= 0.6 is 7.58 Å². The minimum absolute atomic E-state index is 0.770. The lowest BCUT2D eigenvalue weighted by Gasteiger charge is -2.05. The molecule has 0 spiro atoms. The molecule has 0 N–H and O–H groups in total. The summed E-state index contributed by atoms with van der Waals surface area (Å²) in [6.07, 6.45) is 0. The molecule has 0 aliphatic rings. The molecular weight excluding hydrogens is 271 g/mol. The van der Waals surface area contributed by atoms with Crippen molar-refractivity contribution in [2.45, 2.75) is 0 Å². The summed E-state index contributed by atoms with van der Waals surface area (Å²) in [6.45, 7) is 0. The van der Waals surface area contributed by atoms with Crippen molar-refractivity contribution in [2.75, 3.05) is 0 Å². The van der Waals surface area contributed by atoms with E-state index in [9.17, 15) is 0 Å². The van der Waals surface area contributed by atoms with E-state index in [-0.39, 0.29) is 0 Å². The van der Waals surface area contributed by atoms with E-state index >= 15 is 0 Å². The fourth-order valence-electron chi connectivity index (χ4n) is 1.18. The SMILES string of the molecule is S=[S+]P(Oc1ccccc1)Oc1ccccc1. The lowest BCUT2D eigenvalue weighted by Crippen LogP contribution is -1.93. The highest BCUT2D eigenvalue weighted by atomic mass is 33.1. The van der Waals surface area contributed by atoms with Crippen LogP contribution in [0, 0.1) is 0 Å². The Morgan fingerprint density at radius 1 is 0.765 bits per heavy atom. The van der Waals surface area contributed by atoms with E-state index in [0.717, 1.165) is 21.4 Å². The van der Waals surface area contributed by atoms with Gasteiger partial charge in [0.2, 0.25) is 0 Å². The molecule has 0 aromatic heterocycles. The van der Waals surface area contributed by atoms with Crippen LogP contribution in [0.2, 0.25) is 0 Å². The second kappa shape index (κ2) is 6.60. The van der Waals surface area contributed by atoms with Crippen LogP contribution in [0.25, 0.3) is 0 Å². The predicted molar refractivity (Wildman–Crippen MR) is 75.8 cm³/mol. The molecular formula is C12H10O2PS2+. The fraction of sp³-hybridized carbons (Fsp3) is 0. The second-order valence-electron chi connectivity index (χ2n) is 3.11. The van der Waals surface area contributed by atoms with Crippen LogP contribution in [-0.4, -0.2) is 0 Å². The lowest BCUT2D eigenvalue weighted by atomic mass is 10.3. The Morgan fingerprint density at radius 3 is 1.53 bits per heavy atom. The molecule has 5 heteroatoms. The predicted octanol–water partition coefficient (Wildman–Crippen LogP) is 3.92. The van der Waals surface area contributed by atoms with Crippen LogP contribution in [0.4, 0.5) is 0 Å². The van der Waals surface area contributed by atoms with Gasteiger partial charge in [-0.05, 0) is 24.3 Å². The van der Waals surface area contributed by atoms with Gasteiger partial charge in [0.25, 0.3) is 11.2 Å². The van der Waals surface area contributed by atoms with E-state index in [1.54, 1.807) is 0 Å². The molecule has 0 bridgehead atoms. The Labute approximate surface area is 110 Å². The summed E-state index contributed by atoms with van der Waals surface area (Å²) in [7, 11) is -0.0162. The van der Waals surface area contributed by atoms with Crippen molar-refractivity contribution < 1.29 is 9.05 Å². The van der Waals surface area contributed by atoms with E-state index in [1.165, 1.54) is 0 Å². The summed E-state index contributed by atoms with van der Waals surface area (Å²) in [6, 6.07) is 19.1. The molecule has 0 atom stereocenters. The maximum Gasteiger partial charge on any atom is 0.653 e. The smallest absolute Gasteiger partial charge is 0.393 e. The maximum absolute atomic E-state index is 5.67. The molecule has 0 heterocycles. The molecule has 17 heavy (non-hydrogen) atoms. The highest BCUT2D eigenvalue weighted by Gasteiger charge is 2.28. The van der Waals surface area contributed by atoms with Gasteiger partial charge in [-0.15, -0.1) is 0 Å². The zero-order valence-electron chi connectivity index (χ0n) is 8.85. The summed E-state index contributed by atoms with van der Waals surface area (Å²) >= 11 is 4.97. The number of benzene rings is 2. The Bertz CT molecular complexity index is 423. The molecule has 0 aliphatic heterocycles. The van der Waals surface area contributed by atoms with Crippen molar-refractivity contribution in [2.24, 2.45) is 0 Å². The molecule has 2 nitrogen and oxygen atoms in total. The second-order valence-corrected chi connectivity index (χ2v) is 6.75. The average molecular weight is 281 g/mol. The third-order valence-electron chi connectivity index (χ3n) is 1.91. The van der Waals surface area contributed by atoms with Crippen LogP contribution in [0.3, 0.4) is 0 Å². The van der Waals surface area contributed by atoms with Gasteiger partial charge >= 0.3 is 17.5 Å². The molecule has 0 saturated heterocycles. The van der Waals surface area contributed by atoms with E-state index in [4.69, 9.17) is 20.2 Å². The van der Waals surface area contributed by atoms with Crippen molar-refractivity contribution in [3.05, 3.63) is 60.7 Å². The van der Waals surface area contributed by atoms with Crippen LogP contribution in [-0.2, 0) is 21.1 Å². The zero-order chi connectivity index (χ0) is 11.9. The maximum atomic E-state index is 5.67. The minimum Gasteiger partial charge on any atom is -0.393 e. The van der Waals surface area contributed by atoms with Gasteiger partial charge in [-0.1, -0.05) is 36.4 Å². The quantitative estimate of drug-likeness (QED) is 0.611. The van der Waals surface area contributed by atoms with Gasteiger partial charge in [0.1, 0.15) is 11.5 Å². The molecule has 0 unspecified atom stereocenters. The molecule has 86 valence electrons. The monoisotopic (exact) mass is 281 g/mol. The Kier molecular flexibility index (Phi) is 4.80. The number of para-hydroxylation sites is 2. The summed E-state index contributed by atoms with van der Waals surface area (Å²) in [4.78, 5) is 0. The van der Waals surface area contributed by atoms with Gasteiger partial charge in [-0.25, -0.2) is 0 Å². The zero-order valence-corrected chi connectivity index (χ0v) is 11.4. The van der Waals surface area contributed by atoms with Crippen molar-refractivity contribution in [1.82, 2.24) is 0 Å². The molecule has 2 aromatic carbocycles. The Hall–Kier alpha value is -1.09. The molecule has 0 amide bonds. The molecule has 0 saturated carbocycles. The van der Waals surface area contributed by atoms with Gasteiger partial charge in [-0.2, -0.15) is 0 Å². The topological polar surface area (TPSA) is 18.5 Å². The van der Waals surface area contributed by atoms with Gasteiger partial charge in [-0.3, -0.25) is 0 Å². The average Bonchev–Trinajstić information content (AvgIpc) is 2.40. The number of hydrogen-bond donors (Lipinski definition) is 0. The van der Waals surface area contributed by atoms with Crippen LogP contribution < -0.4 is 9.05 Å². The molecule has 2 aromatic rings. The Balaban J connectivity index is 2.01. The van der Waals surface area contributed by atoms with E-state index in [2.05, 4.69) is 0 Å². The highest BCUT2D eigenvalue weighted by molar-refractivity contribution is 8.54. The first-order valence-corrected chi connectivity index (χ1v) is 8.47.